The Hall–Kier alpha value is -1.28. The van der Waals surface area contributed by atoms with E-state index in [4.69, 9.17) is 23.2 Å². The normalized spacial score (nSPS) is 12.4. The van der Waals surface area contributed by atoms with Crippen molar-refractivity contribution >= 4 is 33.2 Å². The average molecular weight is 384 g/mol. The molecule has 0 aliphatic carbocycles. The Morgan fingerprint density at radius 3 is 2.17 bits per heavy atom. The van der Waals surface area contributed by atoms with Gasteiger partial charge in [0.25, 0.3) is 0 Å². The minimum Gasteiger partial charge on any atom is -0.207 e. The van der Waals surface area contributed by atoms with Crippen LogP contribution in [-0.4, -0.2) is 8.42 Å². The first-order valence-electron chi connectivity index (χ1n) is 6.20. The van der Waals surface area contributed by atoms with Gasteiger partial charge < -0.3 is 0 Å². The van der Waals surface area contributed by atoms with Crippen molar-refractivity contribution in [2.45, 2.75) is 17.6 Å². The third kappa shape index (κ3) is 4.60. The zero-order valence-corrected chi connectivity index (χ0v) is 13.7. The van der Waals surface area contributed by atoms with E-state index in [9.17, 15) is 21.6 Å². The Morgan fingerprint density at radius 1 is 1.00 bits per heavy atom. The lowest BCUT2D eigenvalue weighted by molar-refractivity contribution is -0.137. The van der Waals surface area contributed by atoms with Crippen LogP contribution in [0.25, 0.3) is 0 Å². The van der Waals surface area contributed by atoms with Gasteiger partial charge in [0.15, 0.2) is 0 Å². The number of nitrogens with one attached hydrogen (secondary N) is 1. The van der Waals surface area contributed by atoms with E-state index in [-0.39, 0.29) is 21.5 Å². The highest BCUT2D eigenvalue weighted by atomic mass is 35.5. The SMILES string of the molecule is O=S(=O)(NCc1ccc(C(F)(F)F)cc1)c1cc(Cl)ccc1Cl. The van der Waals surface area contributed by atoms with Crippen LogP contribution >= 0.6 is 23.2 Å². The van der Waals surface area contributed by atoms with Gasteiger partial charge in [-0.15, -0.1) is 0 Å². The monoisotopic (exact) mass is 383 g/mol. The van der Waals surface area contributed by atoms with Crippen molar-refractivity contribution in [3.05, 3.63) is 63.6 Å². The summed E-state index contributed by atoms with van der Waals surface area (Å²) in [7, 11) is -3.94. The van der Waals surface area contributed by atoms with E-state index >= 15 is 0 Å². The molecule has 0 atom stereocenters. The summed E-state index contributed by atoms with van der Waals surface area (Å²) in [6.07, 6.45) is -4.44. The van der Waals surface area contributed by atoms with Gasteiger partial charge in [0.05, 0.1) is 10.6 Å². The number of rotatable bonds is 4. The molecule has 0 saturated heterocycles. The highest BCUT2D eigenvalue weighted by molar-refractivity contribution is 7.89. The highest BCUT2D eigenvalue weighted by Gasteiger charge is 2.30. The van der Waals surface area contributed by atoms with Gasteiger partial charge in [-0.3, -0.25) is 0 Å². The van der Waals surface area contributed by atoms with Crippen molar-refractivity contribution in [3.63, 3.8) is 0 Å². The van der Waals surface area contributed by atoms with E-state index in [0.717, 1.165) is 12.1 Å². The number of hydrogen-bond donors (Lipinski definition) is 1. The summed E-state index contributed by atoms with van der Waals surface area (Å²) < 4.78 is 64.0. The van der Waals surface area contributed by atoms with E-state index in [2.05, 4.69) is 4.72 Å². The summed E-state index contributed by atoms with van der Waals surface area (Å²) in [4.78, 5) is -0.196. The van der Waals surface area contributed by atoms with Crippen molar-refractivity contribution in [2.24, 2.45) is 0 Å². The van der Waals surface area contributed by atoms with E-state index in [1.807, 2.05) is 0 Å². The fourth-order valence-corrected chi connectivity index (χ4v) is 3.53. The molecule has 0 aliphatic rings. The fourth-order valence-electron chi connectivity index (χ4n) is 1.75. The molecule has 0 bridgehead atoms. The maximum absolute atomic E-state index is 12.5. The Kier molecular flexibility index (Phi) is 5.25. The predicted molar refractivity (Wildman–Crippen MR) is 81.9 cm³/mol. The van der Waals surface area contributed by atoms with Crippen LogP contribution in [0.5, 0.6) is 0 Å². The number of benzene rings is 2. The Labute approximate surface area is 141 Å². The van der Waals surface area contributed by atoms with Gasteiger partial charge in [0, 0.05) is 11.6 Å². The van der Waals surface area contributed by atoms with Gasteiger partial charge in [0.1, 0.15) is 4.90 Å². The lowest BCUT2D eigenvalue weighted by Gasteiger charge is -2.10. The maximum atomic E-state index is 12.5. The second-order valence-corrected chi connectivity index (χ2v) is 7.17. The molecule has 0 saturated carbocycles. The molecule has 2 aromatic rings. The van der Waals surface area contributed by atoms with Gasteiger partial charge in [0.2, 0.25) is 10.0 Å². The molecular formula is C14H10Cl2F3NO2S. The third-order valence-corrected chi connectivity index (χ3v) is 5.05. The summed E-state index contributed by atoms with van der Waals surface area (Å²) in [6, 6.07) is 8.15. The van der Waals surface area contributed by atoms with Crippen LogP contribution in [0.4, 0.5) is 13.2 Å². The number of sulfonamides is 1. The van der Waals surface area contributed by atoms with Crippen LogP contribution in [0.15, 0.2) is 47.4 Å². The Balaban J connectivity index is 2.15. The number of halogens is 5. The second kappa shape index (κ2) is 6.68. The van der Waals surface area contributed by atoms with E-state index in [1.165, 1.54) is 30.3 Å². The van der Waals surface area contributed by atoms with Crippen LogP contribution < -0.4 is 4.72 Å². The van der Waals surface area contributed by atoms with Gasteiger partial charge in [-0.1, -0.05) is 35.3 Å². The van der Waals surface area contributed by atoms with Crippen molar-refractivity contribution in [1.29, 1.82) is 0 Å². The summed E-state index contributed by atoms with van der Waals surface area (Å²) in [5.74, 6) is 0. The predicted octanol–water partition coefficient (Wildman–Crippen LogP) is 4.49. The smallest absolute Gasteiger partial charge is 0.207 e. The molecule has 0 spiro atoms. The molecule has 0 aromatic heterocycles. The van der Waals surface area contributed by atoms with Crippen molar-refractivity contribution in [1.82, 2.24) is 4.72 Å². The number of hydrogen-bond acceptors (Lipinski definition) is 2. The molecule has 0 heterocycles. The van der Waals surface area contributed by atoms with E-state index in [0.29, 0.717) is 5.56 Å². The molecule has 0 radical (unpaired) electrons. The zero-order valence-electron chi connectivity index (χ0n) is 11.4. The van der Waals surface area contributed by atoms with Crippen molar-refractivity contribution in [3.8, 4) is 0 Å². The van der Waals surface area contributed by atoms with E-state index in [1.54, 1.807) is 0 Å². The molecule has 1 N–H and O–H groups in total. The van der Waals surface area contributed by atoms with E-state index < -0.39 is 21.8 Å². The minimum absolute atomic E-state index is 0.00526. The molecular weight excluding hydrogens is 374 g/mol. The molecule has 124 valence electrons. The van der Waals surface area contributed by atoms with Crippen LogP contribution in [-0.2, 0) is 22.7 Å². The van der Waals surface area contributed by atoms with Crippen molar-refractivity contribution < 1.29 is 21.6 Å². The van der Waals surface area contributed by atoms with Crippen LogP contribution in [0.1, 0.15) is 11.1 Å². The lowest BCUT2D eigenvalue weighted by atomic mass is 10.1. The quantitative estimate of drug-likeness (QED) is 0.845. The van der Waals surface area contributed by atoms with Crippen LogP contribution in [0.2, 0.25) is 10.0 Å². The van der Waals surface area contributed by atoms with Crippen molar-refractivity contribution in [2.75, 3.05) is 0 Å². The maximum Gasteiger partial charge on any atom is 0.416 e. The fraction of sp³-hybridized carbons (Fsp3) is 0.143. The Morgan fingerprint density at radius 2 is 1.61 bits per heavy atom. The van der Waals surface area contributed by atoms with Crippen LogP contribution in [0, 0.1) is 0 Å². The number of alkyl halides is 3. The molecule has 3 nitrogen and oxygen atoms in total. The molecule has 2 rings (SSSR count). The highest BCUT2D eigenvalue weighted by Crippen LogP contribution is 2.29. The molecule has 9 heteroatoms. The first kappa shape index (κ1) is 18.1. The van der Waals surface area contributed by atoms with Gasteiger partial charge in [-0.25, -0.2) is 13.1 Å². The zero-order chi connectivity index (χ0) is 17.3. The summed E-state index contributed by atoms with van der Waals surface area (Å²) in [6.45, 7) is -0.177. The average Bonchev–Trinajstić information content (AvgIpc) is 2.47. The van der Waals surface area contributed by atoms with Gasteiger partial charge in [-0.05, 0) is 35.9 Å². The lowest BCUT2D eigenvalue weighted by Crippen LogP contribution is -2.23. The molecule has 0 aliphatic heterocycles. The first-order valence-corrected chi connectivity index (χ1v) is 8.44. The van der Waals surface area contributed by atoms with Crippen LogP contribution in [0.3, 0.4) is 0 Å². The second-order valence-electron chi connectivity index (χ2n) is 4.59. The minimum atomic E-state index is -4.44. The first-order chi connectivity index (χ1) is 10.6. The molecule has 2 aromatic carbocycles. The summed E-state index contributed by atoms with van der Waals surface area (Å²) >= 11 is 11.6. The standard InChI is InChI=1S/C14H10Cl2F3NO2S/c15-11-5-6-12(16)13(7-11)23(21,22)20-8-9-1-3-10(4-2-9)14(17,18)19/h1-7,20H,8H2. The third-order valence-electron chi connectivity index (χ3n) is 2.93. The van der Waals surface area contributed by atoms with Gasteiger partial charge >= 0.3 is 6.18 Å². The molecule has 0 unspecified atom stereocenters. The summed E-state index contributed by atoms with van der Waals surface area (Å²) in [5.41, 5.74) is -0.429. The molecule has 0 fully saturated rings. The summed E-state index contributed by atoms with van der Waals surface area (Å²) in [5, 5.41) is 0.193. The Bertz CT molecular complexity index is 806. The topological polar surface area (TPSA) is 46.2 Å². The largest absolute Gasteiger partial charge is 0.416 e. The van der Waals surface area contributed by atoms with Gasteiger partial charge in [-0.2, -0.15) is 13.2 Å². The molecule has 0 amide bonds. The molecule has 23 heavy (non-hydrogen) atoms.